The van der Waals surface area contributed by atoms with Gasteiger partial charge in [0.2, 0.25) is 0 Å². The van der Waals surface area contributed by atoms with Crippen LogP contribution in [0.4, 0.5) is 0 Å². The summed E-state index contributed by atoms with van der Waals surface area (Å²) in [6, 6.07) is 11.8. The van der Waals surface area contributed by atoms with Gasteiger partial charge in [-0.3, -0.25) is 0 Å². The smallest absolute Gasteiger partial charge is 0.191 e. The lowest BCUT2D eigenvalue weighted by Gasteiger charge is -2.45. The average Bonchev–Trinajstić information content (AvgIpc) is 2.74. The minimum Gasteiger partial charge on any atom is -0.493 e. The van der Waals surface area contributed by atoms with Crippen molar-refractivity contribution in [2.75, 3.05) is 33.9 Å². The molecule has 1 aliphatic carbocycles. The first-order chi connectivity index (χ1) is 14.0. The predicted molar refractivity (Wildman–Crippen MR) is 106 cm³/mol. The molecular formula is C22H23N5O2. The van der Waals surface area contributed by atoms with Gasteiger partial charge >= 0.3 is 0 Å². The number of nitrogens with zero attached hydrogens (tertiary/aromatic N) is 4. The maximum absolute atomic E-state index is 10.1. The second-order valence-corrected chi connectivity index (χ2v) is 7.24. The van der Waals surface area contributed by atoms with Crippen molar-refractivity contribution in [2.24, 2.45) is 17.1 Å². The van der Waals surface area contributed by atoms with Crippen LogP contribution in [0.1, 0.15) is 18.4 Å². The Kier molecular flexibility index (Phi) is 5.50. The zero-order valence-electron chi connectivity index (χ0n) is 16.8. The number of nitriles is 3. The van der Waals surface area contributed by atoms with Crippen LogP contribution in [0, 0.1) is 45.3 Å². The van der Waals surface area contributed by atoms with Gasteiger partial charge in [-0.15, -0.1) is 0 Å². The minimum atomic E-state index is -1.65. The minimum absolute atomic E-state index is 0.0231. The van der Waals surface area contributed by atoms with Crippen LogP contribution in [-0.2, 0) is 0 Å². The summed E-state index contributed by atoms with van der Waals surface area (Å²) in [5.74, 6) is 0.343. The largest absolute Gasteiger partial charge is 0.493 e. The van der Waals surface area contributed by atoms with Crippen molar-refractivity contribution in [3.63, 3.8) is 0 Å². The van der Waals surface area contributed by atoms with E-state index in [0.29, 0.717) is 31.2 Å². The molecule has 0 unspecified atom stereocenters. The second-order valence-electron chi connectivity index (χ2n) is 7.24. The van der Waals surface area contributed by atoms with Crippen LogP contribution in [0.2, 0.25) is 0 Å². The number of methoxy groups -OCH3 is 1. The highest BCUT2D eigenvalue weighted by molar-refractivity contribution is 5.60. The summed E-state index contributed by atoms with van der Waals surface area (Å²) >= 11 is 0. The molecule has 148 valence electrons. The van der Waals surface area contributed by atoms with Gasteiger partial charge in [-0.2, -0.15) is 15.8 Å². The molecule has 29 heavy (non-hydrogen) atoms. The zero-order chi connectivity index (χ0) is 21.2. The molecule has 0 bridgehead atoms. The van der Waals surface area contributed by atoms with Crippen molar-refractivity contribution >= 4 is 0 Å². The molecule has 2 atom stereocenters. The van der Waals surface area contributed by atoms with Crippen LogP contribution in [-0.4, -0.2) is 38.8 Å². The van der Waals surface area contributed by atoms with E-state index >= 15 is 0 Å². The van der Waals surface area contributed by atoms with Gasteiger partial charge in [-0.25, -0.2) is 0 Å². The molecule has 7 nitrogen and oxygen atoms in total. The Morgan fingerprint density at radius 3 is 2.55 bits per heavy atom. The van der Waals surface area contributed by atoms with Gasteiger partial charge in [0.05, 0.1) is 37.1 Å². The lowest BCUT2D eigenvalue weighted by atomic mass is 9.58. The van der Waals surface area contributed by atoms with E-state index in [-0.39, 0.29) is 17.2 Å². The van der Waals surface area contributed by atoms with E-state index in [0.717, 1.165) is 11.1 Å². The SMILES string of the molecule is CCOc1ccc([C@H]2[C@H]3CN(C)CC=C3C(C#N)=C(N)C2(C#N)C#N)cc1OC. The lowest BCUT2D eigenvalue weighted by molar-refractivity contribution is 0.237. The van der Waals surface area contributed by atoms with Crippen molar-refractivity contribution in [3.05, 3.63) is 46.7 Å². The molecule has 2 N–H and O–H groups in total. The number of hydrogen-bond acceptors (Lipinski definition) is 7. The monoisotopic (exact) mass is 389 g/mol. The molecule has 0 fully saturated rings. The predicted octanol–water partition coefficient (Wildman–Crippen LogP) is 2.45. The third-order valence-corrected chi connectivity index (χ3v) is 5.69. The van der Waals surface area contributed by atoms with Gasteiger partial charge in [-0.1, -0.05) is 12.1 Å². The fourth-order valence-corrected chi connectivity index (χ4v) is 4.35. The first-order valence-corrected chi connectivity index (χ1v) is 9.39. The van der Waals surface area contributed by atoms with Gasteiger partial charge in [0.1, 0.15) is 6.07 Å². The van der Waals surface area contributed by atoms with Crippen molar-refractivity contribution in [1.82, 2.24) is 4.90 Å². The fraction of sp³-hybridized carbons (Fsp3) is 0.409. The van der Waals surface area contributed by atoms with E-state index in [1.54, 1.807) is 19.2 Å². The van der Waals surface area contributed by atoms with E-state index in [4.69, 9.17) is 15.2 Å². The maximum Gasteiger partial charge on any atom is 0.191 e. The number of rotatable bonds is 4. The highest BCUT2D eigenvalue weighted by Crippen LogP contribution is 2.54. The highest BCUT2D eigenvalue weighted by Gasteiger charge is 2.54. The molecule has 0 saturated carbocycles. The van der Waals surface area contributed by atoms with Crippen molar-refractivity contribution in [1.29, 1.82) is 15.8 Å². The number of allylic oxidation sites excluding steroid dienone is 2. The quantitative estimate of drug-likeness (QED) is 0.840. The summed E-state index contributed by atoms with van der Waals surface area (Å²) in [5, 5.41) is 29.9. The number of benzene rings is 1. The molecule has 1 aromatic carbocycles. The molecule has 1 aliphatic heterocycles. The van der Waals surface area contributed by atoms with Crippen LogP contribution in [0.3, 0.4) is 0 Å². The lowest BCUT2D eigenvalue weighted by Crippen LogP contribution is -2.47. The molecule has 1 heterocycles. The highest BCUT2D eigenvalue weighted by atomic mass is 16.5. The van der Waals surface area contributed by atoms with Crippen LogP contribution in [0.15, 0.2) is 41.1 Å². The molecule has 0 saturated heterocycles. The Hall–Kier alpha value is -3.47. The van der Waals surface area contributed by atoms with Gasteiger partial charge in [-0.05, 0) is 37.2 Å². The normalized spacial score (nSPS) is 23.1. The van der Waals surface area contributed by atoms with Crippen LogP contribution in [0.5, 0.6) is 11.5 Å². The molecule has 3 rings (SSSR count). The van der Waals surface area contributed by atoms with Gasteiger partial charge in [0.15, 0.2) is 16.9 Å². The Morgan fingerprint density at radius 2 is 1.97 bits per heavy atom. The van der Waals surface area contributed by atoms with E-state index in [1.165, 1.54) is 0 Å². The molecule has 0 spiro atoms. The standard InChI is InChI=1S/C22H23N5O2/c1-4-29-18-6-5-14(9-19(18)28-3)20-17-11-27(2)8-7-15(17)16(10-23)21(26)22(20,12-24)13-25/h5-7,9,17,20H,4,8,11,26H2,1-3H3/t17-,20-/m0/s1. The summed E-state index contributed by atoms with van der Waals surface area (Å²) in [6.45, 7) is 3.65. The van der Waals surface area contributed by atoms with E-state index in [1.807, 2.05) is 26.1 Å². The number of likely N-dealkylation sites (N-methyl/N-ethyl adjacent to an activating group) is 1. The summed E-state index contributed by atoms with van der Waals surface area (Å²) < 4.78 is 11.1. The Labute approximate surface area is 170 Å². The van der Waals surface area contributed by atoms with Gasteiger partial charge in [0.25, 0.3) is 0 Å². The first-order valence-electron chi connectivity index (χ1n) is 9.39. The Bertz CT molecular complexity index is 991. The van der Waals surface area contributed by atoms with Crippen LogP contribution >= 0.6 is 0 Å². The van der Waals surface area contributed by atoms with E-state index in [9.17, 15) is 15.8 Å². The fourth-order valence-electron chi connectivity index (χ4n) is 4.35. The summed E-state index contributed by atoms with van der Waals surface area (Å²) in [4.78, 5) is 2.10. The number of hydrogen-bond donors (Lipinski definition) is 1. The number of nitrogens with two attached hydrogens (primary N) is 1. The van der Waals surface area contributed by atoms with Crippen molar-refractivity contribution in [3.8, 4) is 29.7 Å². The molecule has 1 aromatic rings. The summed E-state index contributed by atoms with van der Waals surface area (Å²) in [6.07, 6.45) is 1.97. The van der Waals surface area contributed by atoms with E-state index < -0.39 is 11.3 Å². The average molecular weight is 389 g/mol. The van der Waals surface area contributed by atoms with Crippen molar-refractivity contribution in [2.45, 2.75) is 12.8 Å². The maximum atomic E-state index is 10.1. The molecule has 0 aromatic heterocycles. The summed E-state index contributed by atoms with van der Waals surface area (Å²) in [7, 11) is 3.52. The first kappa shape index (κ1) is 20.3. The second kappa shape index (κ2) is 7.87. The third kappa shape index (κ3) is 3.09. The van der Waals surface area contributed by atoms with Gasteiger partial charge < -0.3 is 20.1 Å². The third-order valence-electron chi connectivity index (χ3n) is 5.69. The number of fused-ring (bicyclic) bond motifs is 1. The van der Waals surface area contributed by atoms with E-state index in [2.05, 4.69) is 23.1 Å². The molecular weight excluding hydrogens is 366 g/mol. The Balaban J connectivity index is 2.28. The van der Waals surface area contributed by atoms with Gasteiger partial charge in [0, 0.05) is 24.9 Å². The molecule has 7 heteroatoms. The molecule has 2 aliphatic rings. The summed E-state index contributed by atoms with van der Waals surface area (Å²) in [5.41, 5.74) is 6.49. The van der Waals surface area contributed by atoms with Crippen LogP contribution in [0.25, 0.3) is 0 Å². The Morgan fingerprint density at radius 1 is 1.24 bits per heavy atom. The van der Waals surface area contributed by atoms with Crippen LogP contribution < -0.4 is 15.2 Å². The topological polar surface area (TPSA) is 119 Å². The molecule has 0 radical (unpaired) electrons. The van der Waals surface area contributed by atoms with Crippen molar-refractivity contribution < 1.29 is 9.47 Å². The molecule has 0 amide bonds. The zero-order valence-corrected chi connectivity index (χ0v) is 16.8. The number of ether oxygens (including phenoxy) is 2.